The molecular formula is C26H32N6O. The lowest BCUT2D eigenvalue weighted by molar-refractivity contribution is -0.122. The number of aromatic nitrogens is 4. The summed E-state index contributed by atoms with van der Waals surface area (Å²) < 4.78 is 1.87. The Morgan fingerprint density at radius 2 is 2.00 bits per heavy atom. The summed E-state index contributed by atoms with van der Waals surface area (Å²) in [5.74, 6) is 1.01. The van der Waals surface area contributed by atoms with Gasteiger partial charge in [-0.3, -0.25) is 9.69 Å². The zero-order chi connectivity index (χ0) is 23.1. The van der Waals surface area contributed by atoms with Crippen LogP contribution in [0.25, 0.3) is 27.7 Å². The van der Waals surface area contributed by atoms with E-state index in [1.54, 1.807) is 7.05 Å². The summed E-state index contributed by atoms with van der Waals surface area (Å²) >= 11 is 0. The van der Waals surface area contributed by atoms with Crippen molar-refractivity contribution in [3.05, 3.63) is 53.3 Å². The van der Waals surface area contributed by atoms with Gasteiger partial charge >= 0.3 is 0 Å². The molecule has 1 fully saturated rings. The van der Waals surface area contributed by atoms with E-state index in [1.807, 2.05) is 10.7 Å². The molecule has 1 amide bonds. The van der Waals surface area contributed by atoms with Crippen LogP contribution in [-0.2, 0) is 4.79 Å². The number of H-pyrrole nitrogens is 1. The van der Waals surface area contributed by atoms with Gasteiger partial charge in [0.25, 0.3) is 0 Å². The highest BCUT2D eigenvalue weighted by Crippen LogP contribution is 2.38. The molecule has 1 aliphatic rings. The van der Waals surface area contributed by atoms with Crippen molar-refractivity contribution < 1.29 is 4.79 Å². The number of rotatable bonds is 5. The maximum atomic E-state index is 11.7. The summed E-state index contributed by atoms with van der Waals surface area (Å²) in [7, 11) is 1.70. The molecule has 172 valence electrons. The minimum Gasteiger partial charge on any atom is -0.358 e. The van der Waals surface area contributed by atoms with Crippen LogP contribution in [0, 0.1) is 6.92 Å². The van der Waals surface area contributed by atoms with E-state index in [0.29, 0.717) is 18.4 Å². The molecule has 4 heterocycles. The molecule has 1 aromatic carbocycles. The lowest BCUT2D eigenvalue weighted by Gasteiger charge is -2.31. The second kappa shape index (κ2) is 8.63. The molecule has 33 heavy (non-hydrogen) atoms. The van der Waals surface area contributed by atoms with Crippen molar-refractivity contribution in [1.29, 1.82) is 0 Å². The standard InChI is InChI=1S/C26H32N6O/c1-16(2)25-22-13-19(18-7-9-31(10-8-18)15-24(33)27-4)5-6-23(22)29-26(25)20-11-17(3)32-21(12-20)14-28-30-32/h5-6,11-14,16,18,29H,7-10,15H2,1-4H3,(H,27,33). The molecular weight excluding hydrogens is 412 g/mol. The van der Waals surface area contributed by atoms with Crippen molar-refractivity contribution >= 4 is 22.3 Å². The second-order valence-corrected chi connectivity index (χ2v) is 9.55. The Morgan fingerprint density at radius 1 is 1.21 bits per heavy atom. The van der Waals surface area contributed by atoms with Crippen LogP contribution in [0.2, 0.25) is 0 Å². The predicted octanol–water partition coefficient (Wildman–Crippen LogP) is 4.23. The van der Waals surface area contributed by atoms with Crippen molar-refractivity contribution in [3.63, 3.8) is 0 Å². The van der Waals surface area contributed by atoms with Crippen molar-refractivity contribution in [2.75, 3.05) is 26.7 Å². The van der Waals surface area contributed by atoms with Crippen molar-refractivity contribution in [2.24, 2.45) is 0 Å². The number of pyridine rings is 1. The summed E-state index contributed by atoms with van der Waals surface area (Å²) in [6, 6.07) is 11.3. The van der Waals surface area contributed by atoms with E-state index >= 15 is 0 Å². The molecule has 5 rings (SSSR count). The molecule has 4 aromatic rings. The number of fused-ring (bicyclic) bond motifs is 2. The average molecular weight is 445 g/mol. The first kappa shape index (κ1) is 21.6. The number of aromatic amines is 1. The van der Waals surface area contributed by atoms with Crippen LogP contribution in [0.3, 0.4) is 0 Å². The highest BCUT2D eigenvalue weighted by molar-refractivity contribution is 5.92. The number of likely N-dealkylation sites (tertiary alicyclic amines) is 1. The first-order valence-corrected chi connectivity index (χ1v) is 11.8. The molecule has 0 saturated carbocycles. The largest absolute Gasteiger partial charge is 0.358 e. The van der Waals surface area contributed by atoms with Crippen LogP contribution in [0.4, 0.5) is 0 Å². The number of amides is 1. The minimum absolute atomic E-state index is 0.0939. The Hall–Kier alpha value is -3.19. The molecule has 0 radical (unpaired) electrons. The molecule has 0 bridgehead atoms. The smallest absolute Gasteiger partial charge is 0.233 e. The molecule has 7 heteroatoms. The van der Waals surface area contributed by atoms with E-state index in [9.17, 15) is 4.79 Å². The Labute approximate surface area is 194 Å². The van der Waals surface area contributed by atoms with Gasteiger partial charge in [-0.05, 0) is 80.1 Å². The van der Waals surface area contributed by atoms with Crippen molar-refractivity contribution in [1.82, 2.24) is 30.0 Å². The molecule has 7 nitrogen and oxygen atoms in total. The number of carbonyl (C=O) groups excluding carboxylic acids is 1. The van der Waals surface area contributed by atoms with Gasteiger partial charge in [0.1, 0.15) is 0 Å². The third-order valence-electron chi connectivity index (χ3n) is 7.01. The van der Waals surface area contributed by atoms with Gasteiger partial charge in [-0.2, -0.15) is 0 Å². The number of aryl methyl sites for hydroxylation is 1. The molecule has 2 N–H and O–H groups in total. The number of hydrogen-bond donors (Lipinski definition) is 2. The van der Waals surface area contributed by atoms with Crippen LogP contribution >= 0.6 is 0 Å². The minimum atomic E-state index is 0.0939. The highest BCUT2D eigenvalue weighted by atomic mass is 16.1. The summed E-state index contributed by atoms with van der Waals surface area (Å²) in [6.45, 7) is 9.02. The molecule has 0 aliphatic carbocycles. The average Bonchev–Trinajstić information content (AvgIpc) is 3.44. The number of piperidine rings is 1. The lowest BCUT2D eigenvalue weighted by Crippen LogP contribution is -2.40. The van der Waals surface area contributed by atoms with E-state index in [-0.39, 0.29) is 5.91 Å². The summed E-state index contributed by atoms with van der Waals surface area (Å²) in [4.78, 5) is 17.7. The summed E-state index contributed by atoms with van der Waals surface area (Å²) in [5, 5.41) is 12.3. The second-order valence-electron chi connectivity index (χ2n) is 9.55. The number of nitrogens with zero attached hydrogens (tertiary/aromatic N) is 4. The van der Waals surface area contributed by atoms with Gasteiger partial charge in [-0.1, -0.05) is 25.1 Å². The van der Waals surface area contributed by atoms with Crippen LogP contribution in [-0.4, -0.2) is 57.3 Å². The number of carbonyl (C=O) groups is 1. The summed E-state index contributed by atoms with van der Waals surface area (Å²) in [6.07, 6.45) is 3.98. The SMILES string of the molecule is CNC(=O)CN1CCC(c2ccc3[nH]c(-c4cc(C)n5nncc5c4)c(C(C)C)c3c2)CC1. The lowest BCUT2D eigenvalue weighted by atomic mass is 9.87. The van der Waals surface area contributed by atoms with Crippen LogP contribution < -0.4 is 5.32 Å². The maximum absolute atomic E-state index is 11.7. The summed E-state index contributed by atoms with van der Waals surface area (Å²) in [5.41, 5.74) is 8.37. The first-order valence-electron chi connectivity index (χ1n) is 11.8. The molecule has 0 atom stereocenters. The maximum Gasteiger partial charge on any atom is 0.233 e. The van der Waals surface area contributed by atoms with E-state index in [0.717, 1.165) is 37.1 Å². The number of nitrogens with one attached hydrogen (secondary N) is 2. The number of hydrogen-bond acceptors (Lipinski definition) is 4. The molecule has 1 saturated heterocycles. The highest BCUT2D eigenvalue weighted by Gasteiger charge is 2.23. The van der Waals surface area contributed by atoms with Crippen molar-refractivity contribution in [2.45, 2.75) is 45.4 Å². The Balaban J connectivity index is 1.48. The number of benzene rings is 1. The fourth-order valence-electron chi connectivity index (χ4n) is 5.27. The van der Waals surface area contributed by atoms with Crippen LogP contribution in [0.1, 0.15) is 55.3 Å². The molecule has 3 aromatic heterocycles. The molecule has 0 unspecified atom stereocenters. The third kappa shape index (κ3) is 4.02. The third-order valence-corrected chi connectivity index (χ3v) is 7.01. The van der Waals surface area contributed by atoms with Gasteiger partial charge in [-0.15, -0.1) is 5.10 Å². The Kier molecular flexibility index (Phi) is 5.66. The van der Waals surface area contributed by atoms with E-state index in [4.69, 9.17) is 0 Å². The van der Waals surface area contributed by atoms with Crippen LogP contribution in [0.5, 0.6) is 0 Å². The van der Waals surface area contributed by atoms with E-state index in [2.05, 4.69) is 76.6 Å². The van der Waals surface area contributed by atoms with E-state index < -0.39 is 0 Å². The first-order chi connectivity index (χ1) is 15.9. The van der Waals surface area contributed by atoms with Gasteiger partial charge < -0.3 is 10.3 Å². The molecule has 0 spiro atoms. The van der Waals surface area contributed by atoms with Gasteiger partial charge in [0.05, 0.1) is 24.0 Å². The Bertz CT molecular complexity index is 1310. The van der Waals surface area contributed by atoms with Gasteiger partial charge in [0.15, 0.2) is 0 Å². The Morgan fingerprint density at radius 3 is 2.73 bits per heavy atom. The monoisotopic (exact) mass is 444 g/mol. The molecule has 1 aliphatic heterocycles. The predicted molar refractivity (Wildman–Crippen MR) is 132 cm³/mol. The zero-order valence-electron chi connectivity index (χ0n) is 19.9. The topological polar surface area (TPSA) is 78.3 Å². The van der Waals surface area contributed by atoms with Crippen LogP contribution in [0.15, 0.2) is 36.5 Å². The fourth-order valence-corrected chi connectivity index (χ4v) is 5.27. The zero-order valence-corrected chi connectivity index (χ0v) is 19.9. The van der Waals surface area contributed by atoms with Gasteiger partial charge in [-0.25, -0.2) is 4.52 Å². The van der Waals surface area contributed by atoms with E-state index in [1.165, 1.54) is 33.3 Å². The quantitative estimate of drug-likeness (QED) is 0.483. The fraction of sp³-hybridized carbons (Fsp3) is 0.423. The normalized spacial score (nSPS) is 15.7. The van der Waals surface area contributed by atoms with Gasteiger partial charge in [0.2, 0.25) is 5.91 Å². The van der Waals surface area contributed by atoms with Crippen molar-refractivity contribution in [3.8, 4) is 11.3 Å². The van der Waals surface area contributed by atoms with Gasteiger partial charge in [0, 0.05) is 29.2 Å². The number of likely N-dealkylation sites (N-methyl/N-ethyl adjacent to an activating group) is 1.